The first kappa shape index (κ1) is 20.4. The van der Waals surface area contributed by atoms with Crippen molar-refractivity contribution in [1.82, 2.24) is 9.97 Å². The summed E-state index contributed by atoms with van der Waals surface area (Å²) >= 11 is 0. The molecule has 1 aromatic heterocycles. The average Bonchev–Trinajstić information content (AvgIpc) is 2.73. The summed E-state index contributed by atoms with van der Waals surface area (Å²) in [6.45, 7) is 3.13. The third kappa shape index (κ3) is 5.81. The molecule has 0 saturated carbocycles. The molecule has 1 heterocycles. The highest BCUT2D eigenvalue weighted by molar-refractivity contribution is 5.49. The van der Waals surface area contributed by atoms with Crippen molar-refractivity contribution in [2.75, 3.05) is 31.4 Å². The van der Waals surface area contributed by atoms with Crippen molar-refractivity contribution in [2.45, 2.75) is 19.9 Å². The Morgan fingerprint density at radius 1 is 0.828 bits per heavy atom. The fourth-order valence-electron chi connectivity index (χ4n) is 2.92. The number of halogens is 1. The molecule has 152 valence electrons. The molecule has 2 N–H and O–H groups in total. The van der Waals surface area contributed by atoms with Crippen LogP contribution in [0.25, 0.3) is 0 Å². The molecule has 6 nitrogen and oxygen atoms in total. The van der Waals surface area contributed by atoms with Gasteiger partial charge in [-0.1, -0.05) is 18.2 Å². The topological polar surface area (TPSA) is 68.3 Å². The summed E-state index contributed by atoms with van der Waals surface area (Å²) in [6.07, 6.45) is 0.776. The Morgan fingerprint density at radius 2 is 1.48 bits per heavy atom. The van der Waals surface area contributed by atoms with Crippen LogP contribution in [0.5, 0.6) is 11.5 Å². The van der Waals surface area contributed by atoms with Crippen molar-refractivity contribution < 1.29 is 13.9 Å². The van der Waals surface area contributed by atoms with Crippen molar-refractivity contribution in [3.63, 3.8) is 0 Å². The molecule has 0 saturated heterocycles. The van der Waals surface area contributed by atoms with Gasteiger partial charge in [0.25, 0.3) is 0 Å². The molecule has 29 heavy (non-hydrogen) atoms. The smallest absolute Gasteiger partial charge is 0.161 e. The first-order valence-corrected chi connectivity index (χ1v) is 9.36. The summed E-state index contributed by atoms with van der Waals surface area (Å²) in [5.41, 5.74) is 2.11. The fourth-order valence-corrected chi connectivity index (χ4v) is 2.92. The van der Waals surface area contributed by atoms with Gasteiger partial charge in [-0.25, -0.2) is 14.4 Å². The van der Waals surface area contributed by atoms with E-state index in [-0.39, 0.29) is 5.82 Å². The number of methoxy groups -OCH3 is 2. The van der Waals surface area contributed by atoms with E-state index in [1.807, 2.05) is 31.2 Å². The van der Waals surface area contributed by atoms with E-state index in [0.29, 0.717) is 30.4 Å². The summed E-state index contributed by atoms with van der Waals surface area (Å²) < 4.78 is 23.6. The molecule has 7 heteroatoms. The minimum absolute atomic E-state index is 0.224. The van der Waals surface area contributed by atoms with Crippen molar-refractivity contribution in [2.24, 2.45) is 0 Å². The Labute approximate surface area is 170 Å². The molecule has 0 aliphatic carbocycles. The van der Waals surface area contributed by atoms with E-state index in [2.05, 4.69) is 20.6 Å². The second kappa shape index (κ2) is 9.73. The van der Waals surface area contributed by atoms with Gasteiger partial charge >= 0.3 is 0 Å². The SMILES string of the molecule is COc1ccc(CNc2cc(NCCc3ccc(F)cc3)nc(C)n2)cc1OC. The Hall–Kier alpha value is -3.35. The third-order valence-corrected chi connectivity index (χ3v) is 4.39. The first-order chi connectivity index (χ1) is 14.1. The van der Waals surface area contributed by atoms with Crippen molar-refractivity contribution >= 4 is 11.6 Å². The quantitative estimate of drug-likeness (QED) is 0.565. The lowest BCUT2D eigenvalue weighted by atomic mass is 10.1. The molecule has 3 rings (SSSR count). The molecular weight excluding hydrogens is 371 g/mol. The summed E-state index contributed by atoms with van der Waals surface area (Å²) in [6, 6.07) is 14.2. The number of nitrogens with zero attached hydrogens (tertiary/aromatic N) is 2. The van der Waals surface area contributed by atoms with Crippen molar-refractivity contribution in [3.05, 3.63) is 71.3 Å². The van der Waals surface area contributed by atoms with Gasteiger partial charge in [0, 0.05) is 19.2 Å². The summed E-state index contributed by atoms with van der Waals surface area (Å²) in [4.78, 5) is 8.87. The van der Waals surface area contributed by atoms with E-state index in [1.54, 1.807) is 26.4 Å². The molecule has 3 aromatic rings. The van der Waals surface area contributed by atoms with E-state index in [0.717, 1.165) is 29.2 Å². The van der Waals surface area contributed by atoms with E-state index in [4.69, 9.17) is 9.47 Å². The number of rotatable bonds is 9. The van der Waals surface area contributed by atoms with Crippen LogP contribution in [0.15, 0.2) is 48.5 Å². The fraction of sp³-hybridized carbons (Fsp3) is 0.273. The van der Waals surface area contributed by atoms with Gasteiger partial charge in [0.15, 0.2) is 11.5 Å². The van der Waals surface area contributed by atoms with E-state index in [9.17, 15) is 4.39 Å². The lowest BCUT2D eigenvalue weighted by Gasteiger charge is -2.12. The van der Waals surface area contributed by atoms with Gasteiger partial charge in [0.2, 0.25) is 0 Å². The van der Waals surface area contributed by atoms with Gasteiger partial charge in [0.05, 0.1) is 14.2 Å². The molecule has 0 radical (unpaired) electrons. The molecule has 0 amide bonds. The van der Waals surface area contributed by atoms with E-state index >= 15 is 0 Å². The lowest BCUT2D eigenvalue weighted by Crippen LogP contribution is -2.09. The molecule has 0 atom stereocenters. The highest BCUT2D eigenvalue weighted by Crippen LogP contribution is 2.27. The summed E-state index contributed by atoms with van der Waals surface area (Å²) in [5, 5.41) is 6.62. The molecule has 0 bridgehead atoms. The zero-order valence-corrected chi connectivity index (χ0v) is 16.8. The summed E-state index contributed by atoms with van der Waals surface area (Å²) in [5.74, 6) is 3.31. The minimum Gasteiger partial charge on any atom is -0.493 e. The summed E-state index contributed by atoms with van der Waals surface area (Å²) in [7, 11) is 3.23. The van der Waals surface area contributed by atoms with Gasteiger partial charge in [-0.3, -0.25) is 0 Å². The molecule has 0 fully saturated rings. The number of hydrogen-bond donors (Lipinski definition) is 2. The maximum absolute atomic E-state index is 13.0. The number of aromatic nitrogens is 2. The van der Waals surface area contributed by atoms with Crippen LogP contribution in [-0.4, -0.2) is 30.7 Å². The Morgan fingerprint density at radius 3 is 2.17 bits per heavy atom. The Balaban J connectivity index is 1.59. The molecule has 0 aliphatic heterocycles. The Kier molecular flexibility index (Phi) is 6.84. The molecule has 0 aliphatic rings. The first-order valence-electron chi connectivity index (χ1n) is 9.36. The van der Waals surface area contributed by atoms with Crippen LogP contribution in [0.1, 0.15) is 17.0 Å². The number of hydrogen-bond acceptors (Lipinski definition) is 6. The van der Waals surface area contributed by atoms with Crippen molar-refractivity contribution in [3.8, 4) is 11.5 Å². The highest BCUT2D eigenvalue weighted by atomic mass is 19.1. The van der Waals surface area contributed by atoms with Gasteiger partial charge in [0.1, 0.15) is 23.3 Å². The largest absolute Gasteiger partial charge is 0.493 e. The van der Waals surface area contributed by atoms with Crippen LogP contribution in [0.2, 0.25) is 0 Å². The normalized spacial score (nSPS) is 10.5. The monoisotopic (exact) mass is 396 g/mol. The number of ether oxygens (including phenoxy) is 2. The molecule has 0 spiro atoms. The number of nitrogens with one attached hydrogen (secondary N) is 2. The van der Waals surface area contributed by atoms with Crippen LogP contribution in [-0.2, 0) is 13.0 Å². The average molecular weight is 396 g/mol. The van der Waals surface area contributed by atoms with Gasteiger partial charge < -0.3 is 20.1 Å². The molecular formula is C22H25FN4O2. The predicted octanol–water partition coefficient (Wildman–Crippen LogP) is 4.21. The van der Waals surface area contributed by atoms with Crippen molar-refractivity contribution in [1.29, 1.82) is 0 Å². The van der Waals surface area contributed by atoms with Crippen LogP contribution in [0, 0.1) is 12.7 Å². The Bertz CT molecular complexity index is 948. The second-order valence-electron chi connectivity index (χ2n) is 6.53. The van der Waals surface area contributed by atoms with E-state index < -0.39 is 0 Å². The number of aryl methyl sites for hydroxylation is 1. The van der Waals surface area contributed by atoms with Gasteiger partial charge in [-0.2, -0.15) is 0 Å². The van der Waals surface area contributed by atoms with Crippen LogP contribution >= 0.6 is 0 Å². The van der Waals surface area contributed by atoms with Crippen LogP contribution < -0.4 is 20.1 Å². The maximum atomic E-state index is 13.0. The molecule has 0 unspecified atom stereocenters. The van der Waals surface area contributed by atoms with Crippen LogP contribution in [0.3, 0.4) is 0 Å². The minimum atomic E-state index is -0.224. The number of benzene rings is 2. The van der Waals surface area contributed by atoms with Gasteiger partial charge in [-0.15, -0.1) is 0 Å². The highest BCUT2D eigenvalue weighted by Gasteiger charge is 2.06. The van der Waals surface area contributed by atoms with Gasteiger partial charge in [-0.05, 0) is 48.7 Å². The zero-order valence-electron chi connectivity index (χ0n) is 16.8. The zero-order chi connectivity index (χ0) is 20.6. The third-order valence-electron chi connectivity index (χ3n) is 4.39. The molecule has 2 aromatic carbocycles. The predicted molar refractivity (Wildman–Crippen MR) is 112 cm³/mol. The number of anilines is 2. The second-order valence-corrected chi connectivity index (χ2v) is 6.53. The van der Waals surface area contributed by atoms with E-state index in [1.165, 1.54) is 12.1 Å². The lowest BCUT2D eigenvalue weighted by molar-refractivity contribution is 0.354. The van der Waals surface area contributed by atoms with Crippen LogP contribution in [0.4, 0.5) is 16.0 Å². The standard InChI is InChI=1S/C22H25FN4O2/c1-15-26-21(24-11-10-16-4-7-18(23)8-5-16)13-22(27-15)25-14-17-6-9-19(28-2)20(12-17)29-3/h4-9,12-13H,10-11,14H2,1-3H3,(H2,24,25,26,27). The maximum Gasteiger partial charge on any atom is 0.161 e.